The summed E-state index contributed by atoms with van der Waals surface area (Å²) in [5, 5.41) is 0. The Bertz CT molecular complexity index is 341. The Labute approximate surface area is 144 Å². The fourth-order valence-corrected chi connectivity index (χ4v) is 3.20. The van der Waals surface area contributed by atoms with Gasteiger partial charge in [-0.15, -0.1) is 0 Å². The van der Waals surface area contributed by atoms with E-state index in [0.717, 1.165) is 18.8 Å². The smallest absolute Gasteiger partial charge is 0.264 e. The maximum atomic E-state index is 10.3. The summed E-state index contributed by atoms with van der Waals surface area (Å²) in [6.07, 6.45) is 17.5. The lowest BCUT2D eigenvalue weighted by Crippen LogP contribution is -2.04. The lowest BCUT2D eigenvalue weighted by Gasteiger charge is -2.10. The van der Waals surface area contributed by atoms with Crippen molar-refractivity contribution in [2.24, 2.45) is 5.92 Å². The molecule has 0 saturated carbocycles. The second kappa shape index (κ2) is 15.4. The zero-order chi connectivity index (χ0) is 17.4. The van der Waals surface area contributed by atoms with Crippen LogP contribution in [0.4, 0.5) is 0 Å². The first-order chi connectivity index (χ1) is 11.0. The van der Waals surface area contributed by atoms with E-state index in [-0.39, 0.29) is 6.61 Å². The van der Waals surface area contributed by atoms with Crippen molar-refractivity contribution in [1.82, 2.24) is 0 Å². The molecular formula is C18H38O4S. The van der Waals surface area contributed by atoms with Gasteiger partial charge in [-0.1, -0.05) is 97.3 Å². The highest BCUT2D eigenvalue weighted by atomic mass is 32.3. The van der Waals surface area contributed by atoms with Gasteiger partial charge in [0, 0.05) is 0 Å². The molecule has 0 fully saturated rings. The third kappa shape index (κ3) is 19.8. The van der Waals surface area contributed by atoms with E-state index in [9.17, 15) is 8.42 Å². The molecule has 0 aromatic heterocycles. The number of hydrogen-bond donors (Lipinski definition) is 1. The van der Waals surface area contributed by atoms with Crippen LogP contribution in [0.3, 0.4) is 0 Å². The van der Waals surface area contributed by atoms with Crippen LogP contribution in [-0.4, -0.2) is 19.6 Å². The van der Waals surface area contributed by atoms with Crippen LogP contribution in [0.25, 0.3) is 0 Å². The molecule has 0 amide bonds. The minimum Gasteiger partial charge on any atom is -0.264 e. The fourth-order valence-electron chi connectivity index (χ4n) is 2.87. The third-order valence-corrected chi connectivity index (χ3v) is 4.84. The van der Waals surface area contributed by atoms with Crippen LogP contribution in [0.5, 0.6) is 0 Å². The quantitative estimate of drug-likeness (QED) is 0.261. The van der Waals surface area contributed by atoms with Crippen molar-refractivity contribution in [3.8, 4) is 0 Å². The fraction of sp³-hybridized carbons (Fsp3) is 1.00. The molecule has 0 bridgehead atoms. The van der Waals surface area contributed by atoms with Gasteiger partial charge in [0.1, 0.15) is 0 Å². The number of unbranched alkanes of at least 4 members (excludes halogenated alkanes) is 10. The van der Waals surface area contributed by atoms with Gasteiger partial charge in [-0.2, -0.15) is 8.42 Å². The zero-order valence-electron chi connectivity index (χ0n) is 15.3. The number of rotatable bonds is 17. The zero-order valence-corrected chi connectivity index (χ0v) is 16.1. The Morgan fingerprint density at radius 1 is 0.783 bits per heavy atom. The van der Waals surface area contributed by atoms with E-state index >= 15 is 0 Å². The van der Waals surface area contributed by atoms with Crippen LogP contribution in [0, 0.1) is 5.92 Å². The van der Waals surface area contributed by atoms with Crippen LogP contribution < -0.4 is 0 Å². The Hall–Kier alpha value is -0.130. The molecule has 0 rings (SSSR count). The molecule has 0 saturated heterocycles. The minimum absolute atomic E-state index is 0.0928. The van der Waals surface area contributed by atoms with Crippen molar-refractivity contribution in [2.75, 3.05) is 6.61 Å². The van der Waals surface area contributed by atoms with Gasteiger partial charge in [-0.05, 0) is 12.3 Å². The average Bonchev–Trinajstić information content (AvgIpc) is 2.48. The Balaban J connectivity index is 3.13. The summed E-state index contributed by atoms with van der Waals surface area (Å²) in [4.78, 5) is 0. The first-order valence-electron chi connectivity index (χ1n) is 9.57. The maximum Gasteiger partial charge on any atom is 0.397 e. The highest BCUT2D eigenvalue weighted by Crippen LogP contribution is 2.17. The molecule has 23 heavy (non-hydrogen) atoms. The molecule has 0 aromatic carbocycles. The molecule has 0 radical (unpaired) electrons. The Kier molecular flexibility index (Phi) is 15.3. The first-order valence-corrected chi connectivity index (χ1v) is 10.9. The van der Waals surface area contributed by atoms with Crippen molar-refractivity contribution < 1.29 is 17.2 Å². The molecule has 0 aliphatic rings. The van der Waals surface area contributed by atoms with Crippen molar-refractivity contribution in [2.45, 2.75) is 104 Å². The monoisotopic (exact) mass is 350 g/mol. The summed E-state index contributed by atoms with van der Waals surface area (Å²) in [7, 11) is -4.25. The van der Waals surface area contributed by atoms with Crippen LogP contribution in [-0.2, 0) is 14.6 Å². The molecule has 1 N–H and O–H groups in total. The van der Waals surface area contributed by atoms with Gasteiger partial charge >= 0.3 is 10.4 Å². The third-order valence-electron chi connectivity index (χ3n) is 4.37. The summed E-state index contributed by atoms with van der Waals surface area (Å²) in [5.41, 5.74) is 0. The second-order valence-corrected chi connectivity index (χ2v) is 7.91. The van der Waals surface area contributed by atoms with E-state index in [0.29, 0.717) is 6.42 Å². The normalized spacial score (nSPS) is 13.3. The molecule has 0 aliphatic carbocycles. The molecule has 5 heteroatoms. The summed E-state index contributed by atoms with van der Waals surface area (Å²) < 4.78 is 33.3. The van der Waals surface area contributed by atoms with Crippen molar-refractivity contribution in [3.63, 3.8) is 0 Å². The first kappa shape index (κ1) is 22.9. The van der Waals surface area contributed by atoms with Crippen LogP contribution in [0.1, 0.15) is 104 Å². The van der Waals surface area contributed by atoms with Gasteiger partial charge in [0.05, 0.1) is 6.61 Å². The van der Waals surface area contributed by atoms with Gasteiger partial charge in [-0.25, -0.2) is 4.18 Å². The molecule has 140 valence electrons. The molecule has 0 aliphatic heterocycles. The van der Waals surface area contributed by atoms with E-state index in [1.54, 1.807) is 0 Å². The van der Waals surface area contributed by atoms with Gasteiger partial charge in [0.15, 0.2) is 0 Å². The molecule has 0 spiro atoms. The predicted octanol–water partition coefficient (Wildman–Crippen LogP) is 5.92. The summed E-state index contributed by atoms with van der Waals surface area (Å²) >= 11 is 0. The minimum atomic E-state index is -4.25. The maximum absolute atomic E-state index is 10.3. The summed E-state index contributed by atoms with van der Waals surface area (Å²) in [6.45, 7) is 4.74. The van der Waals surface area contributed by atoms with E-state index in [4.69, 9.17) is 4.55 Å². The molecule has 1 atom stereocenters. The largest absolute Gasteiger partial charge is 0.397 e. The highest BCUT2D eigenvalue weighted by Gasteiger charge is 2.03. The molecular weight excluding hydrogens is 312 g/mol. The molecule has 1 unspecified atom stereocenters. The predicted molar refractivity (Wildman–Crippen MR) is 97.0 cm³/mol. The van der Waals surface area contributed by atoms with Crippen LogP contribution in [0.2, 0.25) is 0 Å². The van der Waals surface area contributed by atoms with Crippen LogP contribution in [0.15, 0.2) is 0 Å². The highest BCUT2D eigenvalue weighted by molar-refractivity contribution is 7.80. The van der Waals surface area contributed by atoms with E-state index < -0.39 is 10.4 Å². The van der Waals surface area contributed by atoms with Crippen molar-refractivity contribution in [1.29, 1.82) is 0 Å². The average molecular weight is 351 g/mol. The van der Waals surface area contributed by atoms with Crippen LogP contribution >= 0.6 is 0 Å². The molecule has 4 nitrogen and oxygen atoms in total. The summed E-state index contributed by atoms with van der Waals surface area (Å²) in [5.74, 6) is 0.903. The second-order valence-electron chi connectivity index (χ2n) is 6.82. The van der Waals surface area contributed by atoms with E-state index in [1.165, 1.54) is 70.6 Å². The van der Waals surface area contributed by atoms with Crippen molar-refractivity contribution in [3.05, 3.63) is 0 Å². The van der Waals surface area contributed by atoms with Gasteiger partial charge in [0.25, 0.3) is 0 Å². The Morgan fingerprint density at radius 2 is 1.22 bits per heavy atom. The standard InChI is InChI=1S/C18H38O4S/c1-3-4-15-18(2)16-13-11-9-7-5-6-8-10-12-14-17-22-23(19,20)21/h18H,3-17H2,1-2H3,(H,19,20,21). The van der Waals surface area contributed by atoms with E-state index in [1.807, 2.05) is 0 Å². The Morgan fingerprint density at radius 3 is 1.70 bits per heavy atom. The topological polar surface area (TPSA) is 63.6 Å². The lowest BCUT2D eigenvalue weighted by atomic mass is 9.97. The SMILES string of the molecule is CCCCC(C)CCCCCCCCCCCCOS(=O)(=O)O. The van der Waals surface area contributed by atoms with Gasteiger partial charge in [0.2, 0.25) is 0 Å². The van der Waals surface area contributed by atoms with E-state index in [2.05, 4.69) is 18.0 Å². The van der Waals surface area contributed by atoms with Crippen molar-refractivity contribution >= 4 is 10.4 Å². The molecule has 0 heterocycles. The molecule has 0 aromatic rings. The lowest BCUT2D eigenvalue weighted by molar-refractivity contribution is 0.261. The number of hydrogen-bond acceptors (Lipinski definition) is 3. The summed E-state index contributed by atoms with van der Waals surface area (Å²) in [6, 6.07) is 0. The van der Waals surface area contributed by atoms with Gasteiger partial charge in [-0.3, -0.25) is 4.55 Å². The van der Waals surface area contributed by atoms with Gasteiger partial charge < -0.3 is 0 Å².